The lowest BCUT2D eigenvalue weighted by atomic mass is 10.3. The molecule has 1 heterocycles. The van der Waals surface area contributed by atoms with E-state index in [1.807, 2.05) is 6.07 Å². The number of aliphatic hydroxyl groups excluding tert-OH is 1. The summed E-state index contributed by atoms with van der Waals surface area (Å²) in [4.78, 5) is 1.41. The Labute approximate surface area is 131 Å². The van der Waals surface area contributed by atoms with E-state index in [4.69, 9.17) is 0 Å². The van der Waals surface area contributed by atoms with E-state index in [0.29, 0.717) is 12.5 Å². The summed E-state index contributed by atoms with van der Waals surface area (Å²) in [6, 6.07) is 6.04. The Kier molecular flexibility index (Phi) is 5.28. The molecule has 8 heteroatoms. The van der Waals surface area contributed by atoms with Crippen molar-refractivity contribution >= 4 is 21.4 Å². The molecule has 0 radical (unpaired) electrons. The quantitative estimate of drug-likeness (QED) is 0.844. The fourth-order valence-electron chi connectivity index (χ4n) is 1.79. The highest BCUT2D eigenvalue weighted by Crippen LogP contribution is 2.23. The van der Waals surface area contributed by atoms with Crippen LogP contribution in [0.4, 0.5) is 8.78 Å². The maximum Gasteiger partial charge on any atom is 0.240 e. The summed E-state index contributed by atoms with van der Waals surface area (Å²) in [5.41, 5.74) is 0. The molecule has 1 atom stereocenters. The van der Waals surface area contributed by atoms with Gasteiger partial charge in [0.25, 0.3) is 0 Å². The Bertz CT molecular complexity index is 757. The van der Waals surface area contributed by atoms with Crippen molar-refractivity contribution in [3.05, 3.63) is 51.7 Å². The van der Waals surface area contributed by atoms with E-state index in [9.17, 15) is 22.3 Å². The standard InChI is InChI=1S/C14H15F2NO3S2/c1-9(18)14-5-2-10(21-14)6-7-17-22(19,20)11-3-4-12(15)13(16)8-11/h2-5,8-9,17-18H,6-7H2,1H3/t9-/m1/s1. The van der Waals surface area contributed by atoms with E-state index in [1.165, 1.54) is 11.3 Å². The second-order valence-electron chi connectivity index (χ2n) is 4.70. The van der Waals surface area contributed by atoms with Gasteiger partial charge in [0.05, 0.1) is 11.0 Å². The van der Waals surface area contributed by atoms with Crippen molar-refractivity contribution in [2.75, 3.05) is 6.54 Å². The molecule has 0 aliphatic carbocycles. The van der Waals surface area contributed by atoms with Gasteiger partial charge in [-0.2, -0.15) is 0 Å². The predicted molar refractivity (Wildman–Crippen MR) is 80.2 cm³/mol. The third-order valence-corrected chi connectivity index (χ3v) is 5.73. The van der Waals surface area contributed by atoms with Crippen molar-refractivity contribution in [1.29, 1.82) is 0 Å². The van der Waals surface area contributed by atoms with Crippen LogP contribution >= 0.6 is 11.3 Å². The molecular formula is C14H15F2NO3S2. The van der Waals surface area contributed by atoms with E-state index in [1.54, 1.807) is 13.0 Å². The van der Waals surface area contributed by atoms with Crippen LogP contribution in [0, 0.1) is 11.6 Å². The number of rotatable bonds is 6. The maximum atomic E-state index is 13.1. The zero-order valence-corrected chi connectivity index (χ0v) is 13.3. The van der Waals surface area contributed by atoms with Gasteiger partial charge in [0.1, 0.15) is 0 Å². The second-order valence-corrected chi connectivity index (χ2v) is 7.67. The van der Waals surface area contributed by atoms with E-state index in [0.717, 1.165) is 21.9 Å². The van der Waals surface area contributed by atoms with Crippen LogP contribution in [-0.4, -0.2) is 20.1 Å². The highest BCUT2D eigenvalue weighted by Gasteiger charge is 2.16. The molecule has 0 bridgehead atoms. The van der Waals surface area contributed by atoms with Crippen molar-refractivity contribution in [3.63, 3.8) is 0 Å². The van der Waals surface area contributed by atoms with Crippen LogP contribution in [0.3, 0.4) is 0 Å². The third-order valence-electron chi connectivity index (χ3n) is 2.96. The van der Waals surface area contributed by atoms with Crippen LogP contribution in [0.2, 0.25) is 0 Å². The topological polar surface area (TPSA) is 66.4 Å². The molecule has 2 N–H and O–H groups in total. The highest BCUT2D eigenvalue weighted by atomic mass is 32.2. The number of sulfonamides is 1. The average Bonchev–Trinajstić information content (AvgIpc) is 2.90. The van der Waals surface area contributed by atoms with E-state index >= 15 is 0 Å². The Hall–Kier alpha value is -1.35. The number of halogens is 2. The summed E-state index contributed by atoms with van der Waals surface area (Å²) in [5, 5.41) is 9.42. The van der Waals surface area contributed by atoms with Gasteiger partial charge in [-0.15, -0.1) is 11.3 Å². The lowest BCUT2D eigenvalue weighted by molar-refractivity contribution is 0.203. The molecule has 0 aliphatic rings. The largest absolute Gasteiger partial charge is 0.388 e. The smallest absolute Gasteiger partial charge is 0.240 e. The molecule has 0 spiro atoms. The lowest BCUT2D eigenvalue weighted by Crippen LogP contribution is -2.26. The first-order valence-corrected chi connectivity index (χ1v) is 8.81. The SMILES string of the molecule is C[C@@H](O)c1ccc(CCNS(=O)(=O)c2ccc(F)c(F)c2)s1. The first kappa shape index (κ1) is 17.0. The molecule has 2 aromatic rings. The normalized spacial score (nSPS) is 13.3. The predicted octanol–water partition coefficient (Wildman–Crippen LogP) is 2.60. The summed E-state index contributed by atoms with van der Waals surface area (Å²) in [7, 11) is -3.88. The van der Waals surface area contributed by atoms with Gasteiger partial charge in [-0.25, -0.2) is 21.9 Å². The van der Waals surface area contributed by atoms with Gasteiger partial charge in [-0.05, 0) is 43.7 Å². The molecule has 120 valence electrons. The first-order valence-electron chi connectivity index (χ1n) is 6.51. The van der Waals surface area contributed by atoms with Crippen LogP contribution in [0.15, 0.2) is 35.2 Å². The van der Waals surface area contributed by atoms with E-state index in [-0.39, 0.29) is 11.4 Å². The maximum absolute atomic E-state index is 13.1. The van der Waals surface area contributed by atoms with Crippen molar-refractivity contribution in [2.45, 2.75) is 24.3 Å². The summed E-state index contributed by atoms with van der Waals surface area (Å²) in [6.07, 6.45) is -0.113. The molecule has 0 unspecified atom stereocenters. The zero-order chi connectivity index (χ0) is 16.3. The van der Waals surface area contributed by atoms with Gasteiger partial charge in [-0.1, -0.05) is 0 Å². The first-order chi connectivity index (χ1) is 10.3. The van der Waals surface area contributed by atoms with Crippen LogP contribution in [-0.2, 0) is 16.4 Å². The van der Waals surface area contributed by atoms with Crippen LogP contribution in [0.1, 0.15) is 22.8 Å². The molecule has 1 aromatic carbocycles. The third kappa shape index (κ3) is 4.10. The Morgan fingerprint density at radius 2 is 1.95 bits per heavy atom. The molecule has 22 heavy (non-hydrogen) atoms. The highest BCUT2D eigenvalue weighted by molar-refractivity contribution is 7.89. The van der Waals surface area contributed by atoms with Gasteiger partial charge in [0.2, 0.25) is 10.0 Å². The van der Waals surface area contributed by atoms with E-state index < -0.39 is 27.8 Å². The molecule has 1 aromatic heterocycles. The molecule has 0 saturated heterocycles. The monoisotopic (exact) mass is 347 g/mol. The molecule has 0 amide bonds. The number of aliphatic hydroxyl groups is 1. The van der Waals surface area contributed by atoms with Gasteiger partial charge in [0.15, 0.2) is 11.6 Å². The number of hydrogen-bond acceptors (Lipinski definition) is 4. The van der Waals surface area contributed by atoms with Crippen molar-refractivity contribution < 1.29 is 22.3 Å². The Morgan fingerprint density at radius 1 is 1.23 bits per heavy atom. The number of hydrogen-bond donors (Lipinski definition) is 2. The van der Waals surface area contributed by atoms with Crippen LogP contribution < -0.4 is 4.72 Å². The van der Waals surface area contributed by atoms with E-state index in [2.05, 4.69) is 4.72 Å². The van der Waals surface area contributed by atoms with Crippen LogP contribution in [0.5, 0.6) is 0 Å². The van der Waals surface area contributed by atoms with Crippen molar-refractivity contribution in [2.24, 2.45) is 0 Å². The minimum absolute atomic E-state index is 0.126. The molecule has 0 fully saturated rings. The molecular weight excluding hydrogens is 332 g/mol. The minimum atomic E-state index is -3.88. The fraction of sp³-hybridized carbons (Fsp3) is 0.286. The molecule has 0 saturated carbocycles. The summed E-state index contributed by atoms with van der Waals surface area (Å²) in [5.74, 6) is -2.30. The molecule has 2 rings (SSSR count). The minimum Gasteiger partial charge on any atom is -0.388 e. The Balaban J connectivity index is 1.98. The summed E-state index contributed by atoms with van der Waals surface area (Å²) < 4.78 is 52.2. The number of nitrogens with one attached hydrogen (secondary N) is 1. The number of thiophene rings is 1. The van der Waals surface area contributed by atoms with Crippen LogP contribution in [0.25, 0.3) is 0 Å². The number of benzene rings is 1. The van der Waals surface area contributed by atoms with Gasteiger partial charge >= 0.3 is 0 Å². The van der Waals surface area contributed by atoms with Gasteiger partial charge in [-0.3, -0.25) is 0 Å². The zero-order valence-electron chi connectivity index (χ0n) is 11.7. The summed E-state index contributed by atoms with van der Waals surface area (Å²) >= 11 is 1.40. The van der Waals surface area contributed by atoms with Crippen molar-refractivity contribution in [1.82, 2.24) is 4.72 Å². The molecule has 0 aliphatic heterocycles. The average molecular weight is 347 g/mol. The molecule has 4 nitrogen and oxygen atoms in total. The fourth-order valence-corrected chi connectivity index (χ4v) is 3.78. The second kappa shape index (κ2) is 6.82. The van der Waals surface area contributed by atoms with Gasteiger partial charge < -0.3 is 5.11 Å². The van der Waals surface area contributed by atoms with Crippen molar-refractivity contribution in [3.8, 4) is 0 Å². The summed E-state index contributed by atoms with van der Waals surface area (Å²) in [6.45, 7) is 1.78. The lowest BCUT2D eigenvalue weighted by Gasteiger charge is -2.06. The Morgan fingerprint density at radius 3 is 2.55 bits per heavy atom. The van der Waals surface area contributed by atoms with Gasteiger partial charge in [0, 0.05) is 16.3 Å².